The quantitative estimate of drug-likeness (QED) is 0.709. The summed E-state index contributed by atoms with van der Waals surface area (Å²) in [4.78, 5) is 21.9. The van der Waals surface area contributed by atoms with E-state index in [1.807, 2.05) is 24.3 Å². The summed E-state index contributed by atoms with van der Waals surface area (Å²) in [7, 11) is 1.70. The zero-order valence-corrected chi connectivity index (χ0v) is 13.8. The number of aromatic nitrogens is 5. The van der Waals surface area contributed by atoms with Crippen LogP contribution in [0.3, 0.4) is 0 Å². The lowest BCUT2D eigenvalue weighted by Gasteiger charge is -2.14. The molecule has 0 aliphatic carbocycles. The highest BCUT2D eigenvalue weighted by atomic mass is 35.5. The smallest absolute Gasteiger partial charge is 0.276 e. The Balaban J connectivity index is 1.65. The molecule has 0 saturated carbocycles. The van der Waals surface area contributed by atoms with Crippen LogP contribution in [-0.4, -0.2) is 42.8 Å². The minimum absolute atomic E-state index is 0.212. The second-order valence-corrected chi connectivity index (χ2v) is 5.73. The van der Waals surface area contributed by atoms with E-state index >= 15 is 0 Å². The van der Waals surface area contributed by atoms with Crippen LogP contribution in [0.2, 0.25) is 5.02 Å². The molecule has 8 heteroatoms. The molecular weight excluding hydrogens is 328 g/mol. The van der Waals surface area contributed by atoms with Gasteiger partial charge in [-0.2, -0.15) is 0 Å². The first kappa shape index (κ1) is 16.1. The molecule has 3 rings (SSSR count). The molecule has 0 bridgehead atoms. The molecule has 1 amide bonds. The van der Waals surface area contributed by atoms with E-state index in [9.17, 15) is 4.79 Å². The van der Waals surface area contributed by atoms with E-state index in [0.717, 1.165) is 11.3 Å². The highest BCUT2D eigenvalue weighted by Crippen LogP contribution is 2.11. The van der Waals surface area contributed by atoms with Gasteiger partial charge in [0.25, 0.3) is 5.91 Å². The van der Waals surface area contributed by atoms with Crippen molar-refractivity contribution in [3.8, 4) is 0 Å². The third kappa shape index (κ3) is 3.94. The lowest BCUT2D eigenvalue weighted by molar-refractivity contribution is 0.0777. The van der Waals surface area contributed by atoms with Gasteiger partial charge in [0.2, 0.25) is 0 Å². The molecule has 0 aliphatic heterocycles. The fourth-order valence-corrected chi connectivity index (χ4v) is 2.30. The van der Waals surface area contributed by atoms with E-state index in [0.29, 0.717) is 23.8 Å². The number of nitrogens with zero attached hydrogens (tertiary/aromatic N) is 6. The molecule has 0 aliphatic rings. The number of rotatable bonds is 5. The van der Waals surface area contributed by atoms with Gasteiger partial charge < -0.3 is 4.90 Å². The summed E-state index contributed by atoms with van der Waals surface area (Å²) in [6.07, 6.45) is 4.73. The number of hydrogen-bond acceptors (Lipinski definition) is 5. The van der Waals surface area contributed by atoms with Crippen LogP contribution >= 0.6 is 11.6 Å². The SMILES string of the molecule is CN(Cc1ccncn1)C(=O)c1cn(Cc2ccc(Cl)cc2)nn1. The van der Waals surface area contributed by atoms with Crippen molar-refractivity contribution >= 4 is 17.5 Å². The Hall–Kier alpha value is -2.80. The van der Waals surface area contributed by atoms with Crippen LogP contribution < -0.4 is 0 Å². The lowest BCUT2D eigenvalue weighted by atomic mass is 10.2. The normalized spacial score (nSPS) is 10.6. The van der Waals surface area contributed by atoms with Crippen LogP contribution in [0.5, 0.6) is 0 Å². The van der Waals surface area contributed by atoms with E-state index in [4.69, 9.17) is 11.6 Å². The van der Waals surface area contributed by atoms with Crippen molar-refractivity contribution in [3.05, 3.63) is 71.0 Å². The number of hydrogen-bond donors (Lipinski definition) is 0. The van der Waals surface area contributed by atoms with Crippen LogP contribution in [0.4, 0.5) is 0 Å². The molecule has 24 heavy (non-hydrogen) atoms. The topological polar surface area (TPSA) is 76.8 Å². The summed E-state index contributed by atoms with van der Waals surface area (Å²) >= 11 is 5.87. The maximum absolute atomic E-state index is 12.4. The number of carbonyl (C=O) groups is 1. The summed E-state index contributed by atoms with van der Waals surface area (Å²) in [6, 6.07) is 9.21. The third-order valence-corrected chi connectivity index (χ3v) is 3.66. The van der Waals surface area contributed by atoms with Crippen LogP contribution in [-0.2, 0) is 13.1 Å². The van der Waals surface area contributed by atoms with Gasteiger partial charge in [-0.15, -0.1) is 5.10 Å². The summed E-state index contributed by atoms with van der Waals surface area (Å²) in [6.45, 7) is 0.901. The van der Waals surface area contributed by atoms with Crippen LogP contribution in [0.1, 0.15) is 21.7 Å². The minimum atomic E-state index is -0.212. The molecule has 1 aromatic carbocycles. The largest absolute Gasteiger partial charge is 0.334 e. The van der Waals surface area contributed by atoms with E-state index in [1.54, 1.807) is 35.1 Å². The molecule has 0 radical (unpaired) electrons. The van der Waals surface area contributed by atoms with Crippen molar-refractivity contribution in [2.75, 3.05) is 7.05 Å². The summed E-state index contributed by atoms with van der Waals surface area (Å²) in [5.74, 6) is -0.212. The average molecular weight is 343 g/mol. The Kier molecular flexibility index (Phi) is 4.81. The molecule has 3 aromatic rings. The van der Waals surface area contributed by atoms with Gasteiger partial charge in [0.1, 0.15) is 6.33 Å². The van der Waals surface area contributed by atoms with Crippen molar-refractivity contribution in [1.82, 2.24) is 29.9 Å². The highest BCUT2D eigenvalue weighted by molar-refractivity contribution is 6.30. The van der Waals surface area contributed by atoms with E-state index in [2.05, 4.69) is 20.3 Å². The molecule has 0 fully saturated rings. The zero-order chi connectivity index (χ0) is 16.9. The number of carbonyl (C=O) groups excluding carboxylic acids is 1. The van der Waals surface area contributed by atoms with Gasteiger partial charge in [0.15, 0.2) is 5.69 Å². The summed E-state index contributed by atoms with van der Waals surface area (Å²) < 4.78 is 1.62. The first-order chi connectivity index (χ1) is 11.6. The second-order valence-electron chi connectivity index (χ2n) is 5.29. The molecule has 0 unspecified atom stereocenters. The molecular formula is C16H15ClN6O. The monoisotopic (exact) mass is 342 g/mol. The summed E-state index contributed by atoms with van der Waals surface area (Å²) in [5.41, 5.74) is 2.08. The maximum atomic E-state index is 12.4. The number of amides is 1. The Morgan fingerprint density at radius 1 is 1.25 bits per heavy atom. The van der Waals surface area contributed by atoms with Gasteiger partial charge >= 0.3 is 0 Å². The molecule has 7 nitrogen and oxygen atoms in total. The Morgan fingerprint density at radius 2 is 2.04 bits per heavy atom. The Bertz CT molecular complexity index is 818. The van der Waals surface area contributed by atoms with Gasteiger partial charge in [0, 0.05) is 18.3 Å². The Morgan fingerprint density at radius 3 is 2.75 bits per heavy atom. The molecule has 0 atom stereocenters. The van der Waals surface area contributed by atoms with Crippen molar-refractivity contribution < 1.29 is 4.79 Å². The fourth-order valence-electron chi connectivity index (χ4n) is 2.17. The third-order valence-electron chi connectivity index (χ3n) is 3.40. The minimum Gasteiger partial charge on any atom is -0.334 e. The van der Waals surface area contributed by atoms with Gasteiger partial charge in [-0.25, -0.2) is 14.6 Å². The molecule has 2 heterocycles. The first-order valence-electron chi connectivity index (χ1n) is 7.27. The van der Waals surface area contributed by atoms with Crippen molar-refractivity contribution in [3.63, 3.8) is 0 Å². The first-order valence-corrected chi connectivity index (χ1v) is 7.64. The van der Waals surface area contributed by atoms with E-state index in [1.165, 1.54) is 6.33 Å². The zero-order valence-electron chi connectivity index (χ0n) is 13.0. The second kappa shape index (κ2) is 7.18. The van der Waals surface area contributed by atoms with E-state index in [-0.39, 0.29) is 5.91 Å². The fraction of sp³-hybridized carbons (Fsp3) is 0.188. The van der Waals surface area contributed by atoms with Gasteiger partial charge in [0.05, 0.1) is 25.0 Å². The number of halogens is 1. The van der Waals surface area contributed by atoms with Crippen molar-refractivity contribution in [2.24, 2.45) is 0 Å². The van der Waals surface area contributed by atoms with Crippen LogP contribution in [0.15, 0.2) is 49.1 Å². The van der Waals surface area contributed by atoms with Crippen molar-refractivity contribution in [1.29, 1.82) is 0 Å². The predicted octanol–water partition coefficient (Wildman–Crippen LogP) is 2.04. The number of benzene rings is 1. The molecule has 0 saturated heterocycles. The van der Waals surface area contributed by atoms with Crippen LogP contribution in [0.25, 0.3) is 0 Å². The molecule has 122 valence electrons. The average Bonchev–Trinajstić information content (AvgIpc) is 3.05. The molecule has 0 spiro atoms. The van der Waals surface area contributed by atoms with Crippen molar-refractivity contribution in [2.45, 2.75) is 13.1 Å². The Labute approximate surface area is 143 Å². The maximum Gasteiger partial charge on any atom is 0.276 e. The highest BCUT2D eigenvalue weighted by Gasteiger charge is 2.16. The standard InChI is InChI=1S/C16H15ClN6O/c1-22(9-14-6-7-18-11-19-14)16(24)15-10-23(21-20-15)8-12-2-4-13(17)5-3-12/h2-7,10-11H,8-9H2,1H3. The lowest BCUT2D eigenvalue weighted by Crippen LogP contribution is -2.27. The van der Waals surface area contributed by atoms with Crippen LogP contribution in [0, 0.1) is 0 Å². The molecule has 0 N–H and O–H groups in total. The predicted molar refractivity (Wildman–Crippen MR) is 88.4 cm³/mol. The van der Waals surface area contributed by atoms with Gasteiger partial charge in [-0.1, -0.05) is 28.9 Å². The van der Waals surface area contributed by atoms with Gasteiger partial charge in [-0.05, 0) is 23.8 Å². The van der Waals surface area contributed by atoms with E-state index < -0.39 is 0 Å². The molecule has 2 aromatic heterocycles. The van der Waals surface area contributed by atoms with Gasteiger partial charge in [-0.3, -0.25) is 4.79 Å². The summed E-state index contributed by atoms with van der Waals surface area (Å²) in [5, 5.41) is 8.64.